The molecule has 1 radical (unpaired) electrons. The van der Waals surface area contributed by atoms with Crippen molar-refractivity contribution in [2.75, 3.05) is 0 Å². The van der Waals surface area contributed by atoms with Gasteiger partial charge in [-0.05, 0) is 0 Å². The fourth-order valence-corrected chi connectivity index (χ4v) is 25.1. The first kappa shape index (κ1) is 17.1. The van der Waals surface area contributed by atoms with Gasteiger partial charge in [-0.25, -0.2) is 0 Å². The van der Waals surface area contributed by atoms with Crippen LogP contribution in [0, 0.1) is 0 Å². The Morgan fingerprint density at radius 3 is 2.10 bits per heavy atom. The first-order valence-electron chi connectivity index (χ1n) is 7.95. The van der Waals surface area contributed by atoms with Crippen LogP contribution in [-0.4, -0.2) is 30.8 Å². The van der Waals surface area contributed by atoms with Crippen molar-refractivity contribution in [3.8, 4) is 0 Å². The van der Waals surface area contributed by atoms with Crippen molar-refractivity contribution in [1.29, 1.82) is 0 Å². The van der Waals surface area contributed by atoms with Gasteiger partial charge in [0, 0.05) is 0 Å². The minimum atomic E-state index is -1.45. The average molecular weight is 378 g/mol. The van der Waals surface area contributed by atoms with Gasteiger partial charge in [0.1, 0.15) is 0 Å². The third-order valence-corrected chi connectivity index (χ3v) is 25.8. The molecule has 0 amide bonds. The van der Waals surface area contributed by atoms with E-state index in [1.54, 1.807) is 0 Å². The first-order chi connectivity index (χ1) is 9.64. The van der Waals surface area contributed by atoms with Crippen LogP contribution in [0.5, 0.6) is 0 Å². The third-order valence-electron chi connectivity index (χ3n) is 3.50. The van der Waals surface area contributed by atoms with Gasteiger partial charge in [0.2, 0.25) is 0 Å². The van der Waals surface area contributed by atoms with Crippen LogP contribution in [0.1, 0.15) is 11.1 Å². The van der Waals surface area contributed by atoms with E-state index < -0.39 is 30.8 Å². The first-order valence-corrected chi connectivity index (χ1v) is 19.2. The van der Waals surface area contributed by atoms with Crippen molar-refractivity contribution < 1.29 is 3.76 Å². The Hall–Kier alpha value is -0.263. The second-order valence-corrected chi connectivity index (χ2v) is 26.6. The Labute approximate surface area is 137 Å². The number of allylic oxidation sites excluding steroid dienone is 1. The van der Waals surface area contributed by atoms with Crippen molar-refractivity contribution in [3.05, 3.63) is 41.5 Å². The molecule has 0 unspecified atom stereocenters. The quantitative estimate of drug-likeness (QED) is 0.607. The van der Waals surface area contributed by atoms with E-state index in [1.165, 1.54) is 26.6 Å². The van der Waals surface area contributed by atoms with Gasteiger partial charge in [0.15, 0.2) is 0 Å². The monoisotopic (exact) mass is 379 g/mol. The zero-order valence-electron chi connectivity index (χ0n) is 14.4. The summed E-state index contributed by atoms with van der Waals surface area (Å²) >= 11 is -1.45. The van der Waals surface area contributed by atoms with Crippen LogP contribution in [-0.2, 0) is 10.2 Å². The number of hydrogen-bond acceptors (Lipinski definition) is 1. The zero-order chi connectivity index (χ0) is 15.7. The van der Waals surface area contributed by atoms with Gasteiger partial charge in [0.25, 0.3) is 0 Å². The molecule has 1 aromatic carbocycles. The molecule has 0 heterocycles. The van der Waals surface area contributed by atoms with E-state index in [2.05, 4.69) is 69.6 Å². The topological polar surface area (TPSA) is 9.23 Å². The molecule has 115 valence electrons. The molecule has 0 aromatic heterocycles. The molecule has 0 saturated carbocycles. The van der Waals surface area contributed by atoms with E-state index in [0.717, 1.165) is 6.42 Å². The molecule has 1 aromatic rings. The maximum atomic E-state index is 6.69. The van der Waals surface area contributed by atoms with Crippen molar-refractivity contribution in [3.63, 3.8) is 0 Å². The molecule has 2 rings (SSSR count). The molecule has 0 aliphatic heterocycles. The fourth-order valence-electron chi connectivity index (χ4n) is 2.82. The molecule has 0 saturated heterocycles. The minimum absolute atomic E-state index is 1.04. The van der Waals surface area contributed by atoms with Crippen LogP contribution in [0.3, 0.4) is 0 Å². The summed E-state index contributed by atoms with van der Waals surface area (Å²) in [6.45, 7) is 14.9. The summed E-state index contributed by atoms with van der Waals surface area (Å²) in [5, 5.41) is 0. The summed E-state index contributed by atoms with van der Waals surface area (Å²) in [6, 6.07) is 8.74. The van der Waals surface area contributed by atoms with Gasteiger partial charge in [-0.1, -0.05) is 0 Å². The van der Waals surface area contributed by atoms with E-state index in [4.69, 9.17) is 3.76 Å². The standard InChI is InChI=1S/C17H29GeOSi2/c1-20(2,3)13-18(14-21(4,5)6)19-17-12-11-15-9-7-8-10-16(15)17/h7-10,12H,11,13-14H2,1-6H3. The van der Waals surface area contributed by atoms with Crippen molar-refractivity contribution >= 4 is 36.6 Å². The van der Waals surface area contributed by atoms with Crippen LogP contribution in [0.4, 0.5) is 0 Å². The molecule has 1 nitrogen and oxygen atoms in total. The molecule has 0 fully saturated rings. The van der Waals surface area contributed by atoms with Gasteiger partial charge in [-0.15, -0.1) is 0 Å². The van der Waals surface area contributed by atoms with Crippen LogP contribution in [0.15, 0.2) is 30.3 Å². The predicted octanol–water partition coefficient (Wildman–Crippen LogP) is 5.35. The fraction of sp³-hybridized carbons (Fsp3) is 0.529. The summed E-state index contributed by atoms with van der Waals surface area (Å²) in [5.74, 6) is 1.21. The van der Waals surface area contributed by atoms with Crippen LogP contribution in [0.25, 0.3) is 5.76 Å². The van der Waals surface area contributed by atoms with Crippen molar-refractivity contribution in [2.24, 2.45) is 0 Å². The Balaban J connectivity index is 2.12. The summed E-state index contributed by atoms with van der Waals surface area (Å²) in [5.41, 5.74) is 2.79. The third kappa shape index (κ3) is 5.46. The van der Waals surface area contributed by atoms with Crippen molar-refractivity contribution in [2.45, 2.75) is 55.5 Å². The molecule has 21 heavy (non-hydrogen) atoms. The summed E-state index contributed by atoms with van der Waals surface area (Å²) in [7, 11) is -2.08. The molecular weight excluding hydrogens is 349 g/mol. The second kappa shape index (κ2) is 6.47. The average Bonchev–Trinajstić information content (AvgIpc) is 2.68. The normalized spacial score (nSPS) is 15.1. The summed E-state index contributed by atoms with van der Waals surface area (Å²) < 4.78 is 6.69. The predicted molar refractivity (Wildman–Crippen MR) is 101 cm³/mol. The van der Waals surface area contributed by atoms with Gasteiger partial charge in [-0.3, -0.25) is 0 Å². The van der Waals surface area contributed by atoms with Crippen LogP contribution >= 0.6 is 0 Å². The molecule has 0 atom stereocenters. The maximum absolute atomic E-state index is 6.69. The number of benzene rings is 1. The molecule has 4 heteroatoms. The van der Waals surface area contributed by atoms with E-state index >= 15 is 0 Å². The Morgan fingerprint density at radius 2 is 1.52 bits per heavy atom. The zero-order valence-corrected chi connectivity index (χ0v) is 18.5. The van der Waals surface area contributed by atoms with Gasteiger partial charge < -0.3 is 0 Å². The van der Waals surface area contributed by atoms with E-state index in [0.29, 0.717) is 0 Å². The van der Waals surface area contributed by atoms with Crippen LogP contribution < -0.4 is 0 Å². The number of hydrogen-bond donors (Lipinski definition) is 0. The summed E-state index contributed by atoms with van der Waals surface area (Å²) in [4.78, 5) is 2.85. The molecule has 1 aliphatic rings. The number of fused-ring (bicyclic) bond motifs is 1. The van der Waals surface area contributed by atoms with Crippen molar-refractivity contribution in [1.82, 2.24) is 0 Å². The molecule has 0 N–H and O–H groups in total. The Kier molecular flexibility index (Phi) is 5.26. The SMILES string of the molecule is C[Si](C)(C)[CH2][Ge]([CH2][Si](C)(C)C)[O]C1=CCc2ccccc21. The molecule has 0 spiro atoms. The summed E-state index contributed by atoms with van der Waals surface area (Å²) in [6.07, 6.45) is 3.36. The van der Waals surface area contributed by atoms with Gasteiger partial charge in [-0.2, -0.15) is 0 Å². The molecular formula is C17H29GeOSi2. The molecule has 0 bridgehead atoms. The van der Waals surface area contributed by atoms with Crippen LogP contribution in [0.2, 0.25) is 49.0 Å². The Bertz CT molecular complexity index is 510. The second-order valence-electron chi connectivity index (χ2n) is 8.55. The van der Waals surface area contributed by atoms with Gasteiger partial charge >= 0.3 is 137 Å². The van der Waals surface area contributed by atoms with E-state index in [1.807, 2.05) is 0 Å². The Morgan fingerprint density at radius 1 is 0.952 bits per heavy atom. The number of rotatable bonds is 6. The van der Waals surface area contributed by atoms with E-state index in [9.17, 15) is 0 Å². The molecule has 1 aliphatic carbocycles. The van der Waals surface area contributed by atoms with E-state index in [-0.39, 0.29) is 0 Å². The van der Waals surface area contributed by atoms with Gasteiger partial charge in [0.05, 0.1) is 0 Å².